The molecule has 3 fully saturated rings. The third kappa shape index (κ3) is 4.02. The predicted octanol–water partition coefficient (Wildman–Crippen LogP) is 1.74. The molecule has 25 heavy (non-hydrogen) atoms. The molecule has 136 valence electrons. The number of piperidine rings is 1. The number of aromatic nitrogens is 2. The maximum atomic E-state index is 12.2. The fourth-order valence-electron chi connectivity index (χ4n) is 3.78. The summed E-state index contributed by atoms with van der Waals surface area (Å²) in [7, 11) is 0. The van der Waals surface area contributed by atoms with Crippen LogP contribution in [-0.4, -0.2) is 58.0 Å². The second-order valence-corrected chi connectivity index (χ2v) is 7.60. The first-order valence-electron chi connectivity index (χ1n) is 9.57. The van der Waals surface area contributed by atoms with E-state index in [0.29, 0.717) is 30.0 Å². The van der Waals surface area contributed by atoms with Gasteiger partial charge in [-0.3, -0.25) is 9.59 Å². The molecule has 1 aliphatic carbocycles. The van der Waals surface area contributed by atoms with Crippen molar-refractivity contribution < 1.29 is 14.0 Å². The molecular weight excluding hydrogens is 320 g/mol. The average molecular weight is 346 g/mol. The number of hydrogen-bond donors (Lipinski definition) is 0. The van der Waals surface area contributed by atoms with Gasteiger partial charge in [-0.25, -0.2) is 0 Å². The highest BCUT2D eigenvalue weighted by Gasteiger charge is 2.31. The molecule has 0 aromatic carbocycles. The van der Waals surface area contributed by atoms with Gasteiger partial charge in [0.05, 0.1) is 0 Å². The van der Waals surface area contributed by atoms with Gasteiger partial charge in [0.2, 0.25) is 23.6 Å². The van der Waals surface area contributed by atoms with E-state index in [9.17, 15) is 9.59 Å². The van der Waals surface area contributed by atoms with E-state index in [1.807, 2.05) is 9.80 Å². The molecule has 7 heteroatoms. The van der Waals surface area contributed by atoms with Crippen molar-refractivity contribution in [3.63, 3.8) is 0 Å². The summed E-state index contributed by atoms with van der Waals surface area (Å²) in [5.74, 6) is 2.25. The Labute approximate surface area is 147 Å². The van der Waals surface area contributed by atoms with Crippen molar-refractivity contribution in [1.29, 1.82) is 0 Å². The molecule has 1 aromatic heterocycles. The summed E-state index contributed by atoms with van der Waals surface area (Å²) < 4.78 is 5.75. The summed E-state index contributed by atoms with van der Waals surface area (Å²) in [6.07, 6.45) is 7.22. The number of amides is 2. The molecular formula is C18H26N4O3. The molecule has 4 rings (SSSR count). The monoisotopic (exact) mass is 346 g/mol. The van der Waals surface area contributed by atoms with Crippen molar-refractivity contribution in [3.8, 4) is 0 Å². The van der Waals surface area contributed by atoms with Gasteiger partial charge in [-0.15, -0.1) is 10.2 Å². The number of nitrogens with zero attached hydrogens (tertiary/aromatic N) is 4. The van der Waals surface area contributed by atoms with Crippen LogP contribution in [0.15, 0.2) is 4.42 Å². The summed E-state index contributed by atoms with van der Waals surface area (Å²) in [4.78, 5) is 28.2. The SMILES string of the molecule is O=C(Cc1nnc(C2CCN(C(=O)CC3CC3)CC2)o1)N1CCCC1. The Kier molecular flexibility index (Phi) is 4.72. The summed E-state index contributed by atoms with van der Waals surface area (Å²) in [6.45, 7) is 3.21. The first kappa shape index (κ1) is 16.5. The lowest BCUT2D eigenvalue weighted by Gasteiger charge is -2.30. The lowest BCUT2D eigenvalue weighted by molar-refractivity contribution is -0.133. The summed E-state index contributed by atoms with van der Waals surface area (Å²) >= 11 is 0. The first-order valence-corrected chi connectivity index (χ1v) is 9.57. The minimum atomic E-state index is 0.0770. The highest BCUT2D eigenvalue weighted by molar-refractivity contribution is 5.78. The van der Waals surface area contributed by atoms with Crippen LogP contribution in [0.1, 0.15) is 62.6 Å². The molecule has 3 aliphatic rings. The third-order valence-electron chi connectivity index (χ3n) is 5.60. The van der Waals surface area contributed by atoms with Crippen molar-refractivity contribution in [3.05, 3.63) is 11.8 Å². The standard InChI is InChI=1S/C18H26N4O3/c23-16(11-13-3-4-13)22-9-5-14(6-10-22)18-20-19-15(25-18)12-17(24)21-7-1-2-8-21/h13-14H,1-12H2. The van der Waals surface area contributed by atoms with Gasteiger partial charge < -0.3 is 14.2 Å². The normalized spacial score (nSPS) is 21.8. The topological polar surface area (TPSA) is 79.5 Å². The van der Waals surface area contributed by atoms with Crippen LogP contribution in [0.5, 0.6) is 0 Å². The lowest BCUT2D eigenvalue weighted by Crippen LogP contribution is -2.38. The second-order valence-electron chi connectivity index (χ2n) is 7.60. The van der Waals surface area contributed by atoms with Crippen LogP contribution in [0.4, 0.5) is 0 Å². The van der Waals surface area contributed by atoms with E-state index in [-0.39, 0.29) is 18.2 Å². The first-order chi connectivity index (χ1) is 12.2. The lowest BCUT2D eigenvalue weighted by atomic mass is 9.96. The zero-order valence-electron chi connectivity index (χ0n) is 14.7. The van der Waals surface area contributed by atoms with Crippen LogP contribution >= 0.6 is 0 Å². The highest BCUT2D eigenvalue weighted by Crippen LogP contribution is 2.34. The molecule has 3 heterocycles. The fourth-order valence-corrected chi connectivity index (χ4v) is 3.78. The van der Waals surface area contributed by atoms with E-state index in [0.717, 1.165) is 51.9 Å². The van der Waals surface area contributed by atoms with Crippen LogP contribution in [0.25, 0.3) is 0 Å². The largest absolute Gasteiger partial charge is 0.424 e. The summed E-state index contributed by atoms with van der Waals surface area (Å²) in [5, 5.41) is 8.22. The molecule has 0 atom stereocenters. The van der Waals surface area contributed by atoms with Crippen molar-refractivity contribution >= 4 is 11.8 Å². The van der Waals surface area contributed by atoms with Crippen molar-refractivity contribution in [2.75, 3.05) is 26.2 Å². The smallest absolute Gasteiger partial charge is 0.231 e. The van der Waals surface area contributed by atoms with E-state index in [2.05, 4.69) is 10.2 Å². The minimum absolute atomic E-state index is 0.0770. The fraction of sp³-hybridized carbons (Fsp3) is 0.778. The van der Waals surface area contributed by atoms with Gasteiger partial charge in [0.1, 0.15) is 6.42 Å². The maximum Gasteiger partial charge on any atom is 0.231 e. The third-order valence-corrected chi connectivity index (χ3v) is 5.60. The summed E-state index contributed by atoms with van der Waals surface area (Å²) in [6, 6.07) is 0. The van der Waals surface area contributed by atoms with Crippen LogP contribution in [0.3, 0.4) is 0 Å². The second kappa shape index (κ2) is 7.14. The Morgan fingerprint density at radius 1 is 0.920 bits per heavy atom. The zero-order chi connectivity index (χ0) is 17.2. The summed E-state index contributed by atoms with van der Waals surface area (Å²) in [5.41, 5.74) is 0. The van der Waals surface area contributed by atoms with Crippen LogP contribution in [0, 0.1) is 5.92 Å². The average Bonchev–Trinajstić information content (AvgIpc) is 3.11. The minimum Gasteiger partial charge on any atom is -0.424 e. The number of carbonyl (C=O) groups is 2. The van der Waals surface area contributed by atoms with E-state index in [4.69, 9.17) is 4.42 Å². The van der Waals surface area contributed by atoms with E-state index in [1.54, 1.807) is 0 Å². The van der Waals surface area contributed by atoms with E-state index >= 15 is 0 Å². The maximum absolute atomic E-state index is 12.2. The Hall–Kier alpha value is -1.92. The van der Waals surface area contributed by atoms with Gasteiger partial charge in [0.15, 0.2) is 0 Å². The molecule has 2 aliphatic heterocycles. The molecule has 2 amide bonds. The Morgan fingerprint density at radius 2 is 1.60 bits per heavy atom. The number of hydrogen-bond acceptors (Lipinski definition) is 5. The molecule has 1 aromatic rings. The Bertz CT molecular complexity index is 626. The van der Waals surface area contributed by atoms with Gasteiger partial charge in [-0.05, 0) is 44.4 Å². The van der Waals surface area contributed by atoms with Crippen molar-refractivity contribution in [1.82, 2.24) is 20.0 Å². The zero-order valence-corrected chi connectivity index (χ0v) is 14.7. The predicted molar refractivity (Wildman–Crippen MR) is 89.7 cm³/mol. The molecule has 0 N–H and O–H groups in total. The van der Waals surface area contributed by atoms with Crippen LogP contribution in [-0.2, 0) is 16.0 Å². The molecule has 0 bridgehead atoms. The molecule has 0 spiro atoms. The molecule has 2 saturated heterocycles. The molecule has 0 radical (unpaired) electrons. The quantitative estimate of drug-likeness (QED) is 0.811. The number of carbonyl (C=O) groups excluding carboxylic acids is 2. The van der Waals surface area contributed by atoms with Crippen molar-refractivity contribution in [2.24, 2.45) is 5.92 Å². The number of rotatable bonds is 5. The Balaban J connectivity index is 1.27. The highest BCUT2D eigenvalue weighted by atomic mass is 16.4. The van der Waals surface area contributed by atoms with Crippen molar-refractivity contribution in [2.45, 2.75) is 57.3 Å². The molecule has 1 saturated carbocycles. The van der Waals surface area contributed by atoms with Gasteiger partial charge in [-0.2, -0.15) is 0 Å². The van der Waals surface area contributed by atoms with Gasteiger partial charge in [-0.1, -0.05) is 0 Å². The van der Waals surface area contributed by atoms with E-state index < -0.39 is 0 Å². The number of likely N-dealkylation sites (tertiary alicyclic amines) is 2. The van der Waals surface area contributed by atoms with Gasteiger partial charge in [0, 0.05) is 38.5 Å². The van der Waals surface area contributed by atoms with Gasteiger partial charge >= 0.3 is 0 Å². The Morgan fingerprint density at radius 3 is 2.28 bits per heavy atom. The van der Waals surface area contributed by atoms with E-state index in [1.165, 1.54) is 12.8 Å². The molecule has 7 nitrogen and oxygen atoms in total. The molecule has 0 unspecified atom stereocenters. The van der Waals surface area contributed by atoms with Crippen LogP contribution in [0.2, 0.25) is 0 Å². The van der Waals surface area contributed by atoms with Crippen LogP contribution < -0.4 is 0 Å². The van der Waals surface area contributed by atoms with Gasteiger partial charge in [0.25, 0.3) is 0 Å².